The molecule has 0 aromatic rings. The number of hydrogen-bond donors (Lipinski definition) is 0. The summed E-state index contributed by atoms with van der Waals surface area (Å²) in [6, 6.07) is 0.608. The zero-order valence-corrected chi connectivity index (χ0v) is 16.9. The molecule has 0 radical (unpaired) electrons. The molecular weight excluding hydrogens is 324 g/mol. The number of carbonyl (C=O) groups is 1. The molecule has 0 bridgehead atoms. The maximum atomic E-state index is 12.7. The Hall–Kier alpha value is -0.870. The third kappa shape index (κ3) is 3.24. The summed E-state index contributed by atoms with van der Waals surface area (Å²) < 4.78 is 5.93. The molecule has 0 amide bonds. The van der Waals surface area contributed by atoms with Crippen molar-refractivity contribution in [1.29, 1.82) is 0 Å². The first-order chi connectivity index (χ1) is 12.4. The summed E-state index contributed by atoms with van der Waals surface area (Å²) in [5.41, 5.74) is 1.73. The van der Waals surface area contributed by atoms with Gasteiger partial charge in [-0.15, -0.1) is 0 Å². The van der Waals surface area contributed by atoms with E-state index in [0.29, 0.717) is 23.3 Å². The van der Waals surface area contributed by atoms with Gasteiger partial charge in [0, 0.05) is 18.5 Å². The molecule has 0 aromatic heterocycles. The molecule has 2 saturated carbocycles. The van der Waals surface area contributed by atoms with E-state index < -0.39 is 0 Å². The fourth-order valence-corrected chi connectivity index (χ4v) is 6.36. The van der Waals surface area contributed by atoms with Gasteiger partial charge < -0.3 is 14.5 Å². The predicted molar refractivity (Wildman–Crippen MR) is 104 cm³/mol. The van der Waals surface area contributed by atoms with Crippen molar-refractivity contribution in [2.45, 2.75) is 64.0 Å². The van der Waals surface area contributed by atoms with Crippen molar-refractivity contribution in [3.8, 4) is 0 Å². The van der Waals surface area contributed by atoms with E-state index in [4.69, 9.17) is 4.74 Å². The second-order valence-electron chi connectivity index (χ2n) is 9.88. The van der Waals surface area contributed by atoms with Crippen LogP contribution in [-0.4, -0.2) is 61.6 Å². The predicted octanol–water partition coefficient (Wildman–Crippen LogP) is 3.33. The molecule has 0 spiro atoms. The van der Waals surface area contributed by atoms with Gasteiger partial charge in [0.1, 0.15) is 6.10 Å². The topological polar surface area (TPSA) is 32.8 Å². The van der Waals surface area contributed by atoms with Crippen LogP contribution in [0.1, 0.15) is 51.9 Å². The lowest BCUT2D eigenvalue weighted by Crippen LogP contribution is -2.47. The highest BCUT2D eigenvalue weighted by Gasteiger charge is 2.55. The first kappa shape index (κ1) is 18.5. The first-order valence-electron chi connectivity index (χ1n) is 10.6. The van der Waals surface area contributed by atoms with Gasteiger partial charge in [-0.05, 0) is 83.5 Å². The van der Waals surface area contributed by atoms with E-state index in [9.17, 15) is 4.79 Å². The smallest absolute Gasteiger partial charge is 0.310 e. The van der Waals surface area contributed by atoms with Crippen LogP contribution in [0.15, 0.2) is 12.2 Å². The van der Waals surface area contributed by atoms with Gasteiger partial charge in [-0.25, -0.2) is 0 Å². The molecule has 4 rings (SSSR count). The summed E-state index contributed by atoms with van der Waals surface area (Å²) in [5.74, 6) is 1.10. The molecule has 146 valence electrons. The van der Waals surface area contributed by atoms with Crippen LogP contribution in [0.5, 0.6) is 0 Å². The van der Waals surface area contributed by atoms with Gasteiger partial charge in [-0.3, -0.25) is 4.79 Å². The molecule has 4 heteroatoms. The normalized spacial score (nSPS) is 41.8. The van der Waals surface area contributed by atoms with Crippen LogP contribution in [-0.2, 0) is 9.53 Å². The third-order valence-corrected chi connectivity index (χ3v) is 8.12. The molecule has 0 unspecified atom stereocenters. The molecular formula is C22H36N2O2. The lowest BCUT2D eigenvalue weighted by Gasteiger charge is -2.50. The average Bonchev–Trinajstić information content (AvgIpc) is 2.88. The van der Waals surface area contributed by atoms with E-state index in [1.54, 1.807) is 0 Å². The highest BCUT2D eigenvalue weighted by molar-refractivity contribution is 5.75. The number of allylic oxidation sites excluding steroid dienone is 1. The number of ether oxygens (including phenoxy) is 1. The standard InChI is InChI=1S/C22H36N2O2/c1-15-6-5-9-22(2)13-20-17(12-19(15)22)18(21(25)26-20)14-24(4)16-7-10-23(3)11-8-16/h16-20H,1,5-14H2,2-4H3/t17-,18+,19-,20-,22-/m1/s1. The number of rotatable bonds is 3. The van der Waals surface area contributed by atoms with E-state index in [1.165, 1.54) is 37.7 Å². The minimum absolute atomic E-state index is 0.0592. The van der Waals surface area contributed by atoms with Crippen LogP contribution >= 0.6 is 0 Å². The second-order valence-corrected chi connectivity index (χ2v) is 9.88. The van der Waals surface area contributed by atoms with Crippen molar-refractivity contribution in [3.63, 3.8) is 0 Å². The van der Waals surface area contributed by atoms with E-state index in [0.717, 1.165) is 32.5 Å². The van der Waals surface area contributed by atoms with Crippen molar-refractivity contribution in [3.05, 3.63) is 12.2 Å². The number of hydrogen-bond acceptors (Lipinski definition) is 4. The zero-order valence-electron chi connectivity index (χ0n) is 16.9. The van der Waals surface area contributed by atoms with Crippen LogP contribution < -0.4 is 0 Å². The Balaban J connectivity index is 1.44. The largest absolute Gasteiger partial charge is 0.462 e. The number of nitrogens with zero attached hydrogens (tertiary/aromatic N) is 2. The van der Waals surface area contributed by atoms with Crippen LogP contribution in [0, 0.1) is 23.2 Å². The molecule has 0 N–H and O–H groups in total. The molecule has 0 aromatic carbocycles. The highest BCUT2D eigenvalue weighted by Crippen LogP contribution is 2.56. The van der Waals surface area contributed by atoms with Crippen molar-refractivity contribution in [2.75, 3.05) is 33.7 Å². The molecule has 26 heavy (non-hydrogen) atoms. The average molecular weight is 361 g/mol. The Morgan fingerprint density at radius 2 is 2.08 bits per heavy atom. The molecule has 2 aliphatic carbocycles. The van der Waals surface area contributed by atoms with Gasteiger partial charge in [0.25, 0.3) is 0 Å². The summed E-state index contributed by atoms with van der Waals surface area (Å²) in [6.07, 6.45) is 8.40. The van der Waals surface area contributed by atoms with Gasteiger partial charge in [0.15, 0.2) is 0 Å². The monoisotopic (exact) mass is 360 g/mol. The number of esters is 1. The van der Waals surface area contributed by atoms with Gasteiger partial charge >= 0.3 is 5.97 Å². The Morgan fingerprint density at radius 1 is 1.35 bits per heavy atom. The van der Waals surface area contributed by atoms with Crippen molar-refractivity contribution in [1.82, 2.24) is 9.80 Å². The fraction of sp³-hybridized carbons (Fsp3) is 0.864. The van der Waals surface area contributed by atoms with Crippen LogP contribution in [0.2, 0.25) is 0 Å². The quantitative estimate of drug-likeness (QED) is 0.571. The lowest BCUT2D eigenvalue weighted by molar-refractivity contribution is -0.146. The third-order valence-electron chi connectivity index (χ3n) is 8.12. The number of likely N-dealkylation sites (tertiary alicyclic amines) is 1. The van der Waals surface area contributed by atoms with E-state index in [-0.39, 0.29) is 18.0 Å². The van der Waals surface area contributed by atoms with Crippen LogP contribution in [0.25, 0.3) is 0 Å². The van der Waals surface area contributed by atoms with Gasteiger partial charge in [-0.1, -0.05) is 19.1 Å². The second kappa shape index (κ2) is 6.94. The van der Waals surface area contributed by atoms with Gasteiger partial charge in [0.2, 0.25) is 0 Å². The van der Waals surface area contributed by atoms with Crippen LogP contribution in [0.4, 0.5) is 0 Å². The molecule has 4 aliphatic rings. The first-order valence-corrected chi connectivity index (χ1v) is 10.6. The Morgan fingerprint density at radius 3 is 2.81 bits per heavy atom. The van der Waals surface area contributed by atoms with E-state index >= 15 is 0 Å². The molecule has 2 heterocycles. The van der Waals surface area contributed by atoms with Crippen molar-refractivity contribution < 1.29 is 9.53 Å². The SMILES string of the molecule is C=C1CCC[C@]2(C)C[C@H]3OC(=O)[C@@H](CN(C)C4CCN(C)CC4)[C@H]3C[C@H]12. The maximum absolute atomic E-state index is 12.7. The molecule has 2 saturated heterocycles. The minimum atomic E-state index is 0.0592. The molecule has 5 atom stereocenters. The summed E-state index contributed by atoms with van der Waals surface area (Å²) in [6.45, 7) is 10.0. The van der Waals surface area contributed by atoms with Gasteiger partial charge in [-0.2, -0.15) is 0 Å². The van der Waals surface area contributed by atoms with E-state index in [1.807, 2.05) is 0 Å². The Labute approximate surface area is 158 Å². The Bertz CT molecular complexity index is 568. The fourth-order valence-electron chi connectivity index (χ4n) is 6.36. The Kier molecular flexibility index (Phi) is 4.94. The maximum Gasteiger partial charge on any atom is 0.310 e. The highest BCUT2D eigenvalue weighted by atomic mass is 16.6. The van der Waals surface area contributed by atoms with Gasteiger partial charge in [0.05, 0.1) is 5.92 Å². The summed E-state index contributed by atoms with van der Waals surface area (Å²) in [5, 5.41) is 0. The summed E-state index contributed by atoms with van der Waals surface area (Å²) in [7, 11) is 4.41. The number of carbonyl (C=O) groups excluding carboxylic acids is 1. The molecule has 4 nitrogen and oxygen atoms in total. The number of piperidine rings is 1. The summed E-state index contributed by atoms with van der Waals surface area (Å²) in [4.78, 5) is 17.6. The molecule has 4 fully saturated rings. The van der Waals surface area contributed by atoms with Crippen molar-refractivity contribution in [2.24, 2.45) is 23.2 Å². The number of fused-ring (bicyclic) bond motifs is 2. The zero-order chi connectivity index (χ0) is 18.5. The minimum Gasteiger partial charge on any atom is -0.462 e. The van der Waals surface area contributed by atoms with E-state index in [2.05, 4.69) is 37.4 Å². The molecule has 2 aliphatic heterocycles. The van der Waals surface area contributed by atoms with Crippen LogP contribution in [0.3, 0.4) is 0 Å². The van der Waals surface area contributed by atoms with Crippen molar-refractivity contribution >= 4 is 5.97 Å². The summed E-state index contributed by atoms with van der Waals surface area (Å²) >= 11 is 0. The lowest BCUT2D eigenvalue weighted by atomic mass is 9.55.